The van der Waals surface area contributed by atoms with Crippen molar-refractivity contribution in [3.05, 3.63) is 46.3 Å². The standard InChI is InChI=1S/C32H43N5O4/c1-20-5-4-6-25(21(20)2)34-11-13-35(14-12-34)27(39)17-37-26-15-24-22(3)28(24)29(26)30(33-37)31(40)36-9-7-32(8-10-36)16-23(18-38)41-19-32/h4-6,22-24,28,38H,7-19H2,1-3H3. The first-order valence-electron chi connectivity index (χ1n) is 15.5. The van der Waals surface area contributed by atoms with E-state index < -0.39 is 0 Å². The highest BCUT2D eigenvalue weighted by atomic mass is 16.5. The number of piperazine rings is 1. The van der Waals surface area contributed by atoms with Crippen LogP contribution in [0.25, 0.3) is 0 Å². The Kier molecular flexibility index (Phi) is 6.65. The number of hydrogen-bond donors (Lipinski definition) is 1. The van der Waals surface area contributed by atoms with Crippen LogP contribution in [-0.4, -0.2) is 95.1 Å². The average molecular weight is 562 g/mol. The van der Waals surface area contributed by atoms with Gasteiger partial charge in [-0.3, -0.25) is 14.3 Å². The number of carbonyl (C=O) groups excluding carboxylic acids is 2. The van der Waals surface area contributed by atoms with Crippen LogP contribution in [0.3, 0.4) is 0 Å². The van der Waals surface area contributed by atoms with E-state index in [1.807, 2.05) is 14.5 Å². The Morgan fingerprint density at radius 3 is 2.54 bits per heavy atom. The van der Waals surface area contributed by atoms with Gasteiger partial charge in [-0.15, -0.1) is 0 Å². The summed E-state index contributed by atoms with van der Waals surface area (Å²) in [5.41, 5.74) is 6.73. The van der Waals surface area contributed by atoms with Crippen LogP contribution in [0.2, 0.25) is 0 Å². The number of anilines is 1. The molecule has 3 aliphatic heterocycles. The SMILES string of the molecule is Cc1cccc(N2CCN(C(=O)Cn3nc(C(=O)N4CCC5(CC4)COC(CO)C5)c4c3CC3C(C)C43)CC2)c1C. The molecular weight excluding hydrogens is 518 g/mol. The summed E-state index contributed by atoms with van der Waals surface area (Å²) in [6, 6.07) is 6.42. The zero-order chi connectivity index (χ0) is 28.5. The zero-order valence-electron chi connectivity index (χ0n) is 24.6. The molecule has 3 saturated heterocycles. The number of likely N-dealkylation sites (tertiary alicyclic amines) is 1. The molecule has 1 N–H and O–H groups in total. The van der Waals surface area contributed by atoms with E-state index in [1.54, 1.807) is 0 Å². The largest absolute Gasteiger partial charge is 0.394 e. The molecule has 7 rings (SSSR count). The van der Waals surface area contributed by atoms with E-state index in [2.05, 4.69) is 43.9 Å². The maximum absolute atomic E-state index is 13.9. The molecule has 0 radical (unpaired) electrons. The van der Waals surface area contributed by atoms with E-state index in [1.165, 1.54) is 16.8 Å². The van der Waals surface area contributed by atoms with Crippen molar-refractivity contribution in [3.63, 3.8) is 0 Å². The summed E-state index contributed by atoms with van der Waals surface area (Å²) in [6.45, 7) is 11.9. The van der Waals surface area contributed by atoms with Crippen LogP contribution in [0.4, 0.5) is 5.69 Å². The fourth-order valence-electron chi connectivity index (χ4n) is 8.12. The van der Waals surface area contributed by atoms with E-state index >= 15 is 0 Å². The number of benzene rings is 1. The van der Waals surface area contributed by atoms with Crippen LogP contribution < -0.4 is 4.90 Å². The monoisotopic (exact) mass is 561 g/mol. The average Bonchev–Trinajstić information content (AvgIpc) is 3.34. The van der Waals surface area contributed by atoms with Gasteiger partial charge in [0.2, 0.25) is 5.91 Å². The number of carbonyl (C=O) groups is 2. The Morgan fingerprint density at radius 1 is 1.07 bits per heavy atom. The molecule has 5 aliphatic rings. The third-order valence-electron chi connectivity index (χ3n) is 11.1. The van der Waals surface area contributed by atoms with Crippen LogP contribution in [0.1, 0.15) is 65.0 Å². The van der Waals surface area contributed by atoms with Crippen LogP contribution in [0.15, 0.2) is 18.2 Å². The molecule has 220 valence electrons. The molecule has 1 aromatic heterocycles. The van der Waals surface area contributed by atoms with Gasteiger partial charge in [0.15, 0.2) is 5.69 Å². The first-order chi connectivity index (χ1) is 19.8. The molecule has 2 aromatic rings. The van der Waals surface area contributed by atoms with Gasteiger partial charge < -0.3 is 24.5 Å². The van der Waals surface area contributed by atoms with Crippen molar-refractivity contribution in [3.8, 4) is 0 Å². The molecule has 4 fully saturated rings. The van der Waals surface area contributed by atoms with Crippen molar-refractivity contribution < 1.29 is 19.4 Å². The number of rotatable bonds is 5. The lowest BCUT2D eigenvalue weighted by Gasteiger charge is -2.38. The first-order valence-corrected chi connectivity index (χ1v) is 15.5. The predicted molar refractivity (Wildman–Crippen MR) is 155 cm³/mol. The second-order valence-electron chi connectivity index (χ2n) is 13.3. The van der Waals surface area contributed by atoms with Crippen molar-refractivity contribution in [1.29, 1.82) is 0 Å². The van der Waals surface area contributed by atoms with Gasteiger partial charge in [-0.2, -0.15) is 5.10 Å². The second-order valence-corrected chi connectivity index (χ2v) is 13.3. The number of aliphatic hydroxyl groups is 1. The number of aryl methyl sites for hydroxylation is 1. The topological polar surface area (TPSA) is 91.1 Å². The van der Waals surface area contributed by atoms with E-state index in [-0.39, 0.29) is 36.5 Å². The molecule has 9 nitrogen and oxygen atoms in total. The van der Waals surface area contributed by atoms with Crippen LogP contribution >= 0.6 is 0 Å². The maximum Gasteiger partial charge on any atom is 0.274 e. The zero-order valence-corrected chi connectivity index (χ0v) is 24.6. The summed E-state index contributed by atoms with van der Waals surface area (Å²) >= 11 is 0. The molecule has 4 atom stereocenters. The summed E-state index contributed by atoms with van der Waals surface area (Å²) < 4.78 is 7.65. The number of nitrogens with zero attached hydrogens (tertiary/aromatic N) is 5. The van der Waals surface area contributed by atoms with Crippen molar-refractivity contribution >= 4 is 17.5 Å². The molecule has 1 saturated carbocycles. The minimum absolute atomic E-state index is 0.0156. The number of aromatic nitrogens is 2. The molecule has 1 spiro atoms. The van der Waals surface area contributed by atoms with Gasteiger partial charge in [-0.05, 0) is 79.9 Å². The Labute approximate surface area is 242 Å². The van der Waals surface area contributed by atoms with Crippen molar-refractivity contribution in [1.82, 2.24) is 19.6 Å². The highest BCUT2D eigenvalue weighted by Crippen LogP contribution is 2.62. The van der Waals surface area contributed by atoms with Crippen molar-refractivity contribution in [2.24, 2.45) is 17.3 Å². The molecule has 0 bridgehead atoms. The molecule has 2 aliphatic carbocycles. The number of aliphatic hydroxyl groups excluding tert-OH is 1. The molecule has 4 unspecified atom stereocenters. The Balaban J connectivity index is 1.03. The Morgan fingerprint density at radius 2 is 1.83 bits per heavy atom. The Hall–Kier alpha value is -2.91. The van der Waals surface area contributed by atoms with Crippen LogP contribution in [-0.2, 0) is 22.5 Å². The number of hydrogen-bond acceptors (Lipinski definition) is 6. The third kappa shape index (κ3) is 4.56. The summed E-state index contributed by atoms with van der Waals surface area (Å²) in [6.07, 6.45) is 3.51. The number of amides is 2. The quantitative estimate of drug-likeness (QED) is 0.604. The van der Waals surface area contributed by atoms with E-state index in [9.17, 15) is 14.7 Å². The number of piperidine rings is 1. The van der Waals surface area contributed by atoms with Crippen LogP contribution in [0.5, 0.6) is 0 Å². The smallest absolute Gasteiger partial charge is 0.274 e. The second kappa shape index (κ2) is 10.1. The third-order valence-corrected chi connectivity index (χ3v) is 11.1. The lowest BCUT2D eigenvalue weighted by Crippen LogP contribution is -2.50. The van der Waals surface area contributed by atoms with Gasteiger partial charge in [-0.25, -0.2) is 0 Å². The van der Waals surface area contributed by atoms with Gasteiger partial charge >= 0.3 is 0 Å². The van der Waals surface area contributed by atoms with E-state index in [0.717, 1.165) is 50.0 Å². The maximum atomic E-state index is 13.9. The lowest BCUT2D eigenvalue weighted by atomic mass is 9.76. The fraction of sp³-hybridized carbons (Fsp3) is 0.656. The van der Waals surface area contributed by atoms with Crippen molar-refractivity contribution in [2.45, 2.75) is 65.0 Å². The molecule has 9 heteroatoms. The predicted octanol–water partition coefficient (Wildman–Crippen LogP) is 2.76. The van der Waals surface area contributed by atoms with Gasteiger partial charge in [-0.1, -0.05) is 19.1 Å². The molecule has 4 heterocycles. The summed E-state index contributed by atoms with van der Waals surface area (Å²) in [4.78, 5) is 33.6. The Bertz CT molecular complexity index is 1350. The molecule has 1 aromatic carbocycles. The van der Waals surface area contributed by atoms with Gasteiger partial charge in [0.05, 0.1) is 19.3 Å². The summed E-state index contributed by atoms with van der Waals surface area (Å²) in [5.74, 6) is 1.66. The van der Waals surface area contributed by atoms with Crippen LogP contribution in [0, 0.1) is 31.1 Å². The fourth-order valence-corrected chi connectivity index (χ4v) is 8.12. The molecule has 2 amide bonds. The van der Waals surface area contributed by atoms with Crippen molar-refractivity contribution in [2.75, 3.05) is 57.4 Å². The lowest BCUT2D eigenvalue weighted by molar-refractivity contribution is -0.132. The number of ether oxygens (including phenoxy) is 1. The van der Waals surface area contributed by atoms with Gasteiger partial charge in [0.1, 0.15) is 6.54 Å². The minimum atomic E-state index is -0.0725. The highest BCUT2D eigenvalue weighted by molar-refractivity contribution is 5.95. The highest BCUT2D eigenvalue weighted by Gasteiger charge is 2.57. The minimum Gasteiger partial charge on any atom is -0.394 e. The van der Waals surface area contributed by atoms with Gasteiger partial charge in [0, 0.05) is 56.2 Å². The normalized spacial score (nSPS) is 28.2. The summed E-state index contributed by atoms with van der Waals surface area (Å²) in [5, 5.41) is 14.4. The molecular formula is C32H43N5O4. The molecule has 41 heavy (non-hydrogen) atoms. The first kappa shape index (κ1) is 27.0. The van der Waals surface area contributed by atoms with Gasteiger partial charge in [0.25, 0.3) is 5.91 Å². The van der Waals surface area contributed by atoms with E-state index in [4.69, 9.17) is 9.84 Å². The van der Waals surface area contributed by atoms with E-state index in [0.29, 0.717) is 56.2 Å². The summed E-state index contributed by atoms with van der Waals surface area (Å²) in [7, 11) is 0. The number of fused-ring (bicyclic) bond motifs is 3.